The molecule has 0 radical (unpaired) electrons. The van der Waals surface area contributed by atoms with Gasteiger partial charge in [-0.1, -0.05) is 12.1 Å². The number of aryl methyl sites for hydroxylation is 3. The molecule has 24 heavy (non-hydrogen) atoms. The van der Waals surface area contributed by atoms with Crippen molar-refractivity contribution < 1.29 is 9.47 Å². The van der Waals surface area contributed by atoms with Crippen molar-refractivity contribution in [3.05, 3.63) is 57.6 Å². The monoisotopic (exact) mass is 325 g/mol. The van der Waals surface area contributed by atoms with E-state index in [0.717, 1.165) is 24.5 Å². The van der Waals surface area contributed by atoms with Crippen molar-refractivity contribution in [3.8, 4) is 11.5 Å². The third-order valence-corrected chi connectivity index (χ3v) is 4.97. The quantitative estimate of drug-likeness (QED) is 0.911. The highest BCUT2D eigenvalue weighted by molar-refractivity contribution is 5.53. The van der Waals surface area contributed by atoms with E-state index in [4.69, 9.17) is 9.47 Å². The molecule has 0 bridgehead atoms. The summed E-state index contributed by atoms with van der Waals surface area (Å²) in [6.45, 7) is 10.2. The molecule has 0 amide bonds. The van der Waals surface area contributed by atoms with Crippen LogP contribution in [-0.4, -0.2) is 20.3 Å². The van der Waals surface area contributed by atoms with E-state index in [2.05, 4.69) is 50.4 Å². The Morgan fingerprint density at radius 2 is 1.71 bits per heavy atom. The van der Waals surface area contributed by atoms with Crippen molar-refractivity contribution >= 4 is 0 Å². The van der Waals surface area contributed by atoms with Gasteiger partial charge in [-0.25, -0.2) is 0 Å². The minimum atomic E-state index is 0.207. The van der Waals surface area contributed by atoms with Gasteiger partial charge in [-0.2, -0.15) is 0 Å². The highest BCUT2D eigenvalue weighted by Gasteiger charge is 2.25. The van der Waals surface area contributed by atoms with E-state index in [9.17, 15) is 0 Å². The fourth-order valence-electron chi connectivity index (χ4n) is 3.56. The summed E-state index contributed by atoms with van der Waals surface area (Å²) in [5, 5.41) is 3.69. The van der Waals surface area contributed by atoms with Gasteiger partial charge >= 0.3 is 0 Å². The summed E-state index contributed by atoms with van der Waals surface area (Å²) in [5.74, 6) is 1.65. The van der Waals surface area contributed by atoms with Crippen molar-refractivity contribution in [2.75, 3.05) is 20.3 Å². The van der Waals surface area contributed by atoms with Crippen molar-refractivity contribution in [1.29, 1.82) is 0 Å². The Kier molecular flexibility index (Phi) is 4.81. The molecule has 0 saturated heterocycles. The SMILES string of the molecule is CCOc1cc2c(cc1OC)CCNC2c1cc(C)c(C)cc1C. The second-order valence-corrected chi connectivity index (χ2v) is 6.57. The summed E-state index contributed by atoms with van der Waals surface area (Å²) in [4.78, 5) is 0. The number of fused-ring (bicyclic) bond motifs is 1. The van der Waals surface area contributed by atoms with Gasteiger partial charge in [0, 0.05) is 6.54 Å². The summed E-state index contributed by atoms with van der Waals surface area (Å²) in [5.41, 5.74) is 8.01. The first-order valence-electron chi connectivity index (χ1n) is 8.69. The molecule has 2 aromatic rings. The van der Waals surface area contributed by atoms with Crippen LogP contribution in [0.25, 0.3) is 0 Å². The van der Waals surface area contributed by atoms with E-state index in [1.807, 2.05) is 6.92 Å². The van der Waals surface area contributed by atoms with Gasteiger partial charge in [-0.3, -0.25) is 0 Å². The van der Waals surface area contributed by atoms with Gasteiger partial charge < -0.3 is 14.8 Å². The molecule has 128 valence electrons. The summed E-state index contributed by atoms with van der Waals surface area (Å²) < 4.78 is 11.3. The van der Waals surface area contributed by atoms with Gasteiger partial charge in [-0.05, 0) is 79.6 Å². The highest BCUT2D eigenvalue weighted by atomic mass is 16.5. The van der Waals surface area contributed by atoms with Gasteiger partial charge in [-0.15, -0.1) is 0 Å². The third kappa shape index (κ3) is 3.01. The standard InChI is InChI=1S/C21H27NO2/c1-6-24-20-12-18-16(11-19(20)23-5)7-8-22-21(18)17-10-14(3)13(2)9-15(17)4/h9-12,21-22H,6-8H2,1-5H3. The summed E-state index contributed by atoms with van der Waals surface area (Å²) >= 11 is 0. The van der Waals surface area contributed by atoms with E-state index in [1.54, 1.807) is 7.11 Å². The predicted octanol–water partition coefficient (Wildman–Crippen LogP) is 4.25. The van der Waals surface area contributed by atoms with E-state index in [-0.39, 0.29) is 6.04 Å². The fourth-order valence-corrected chi connectivity index (χ4v) is 3.56. The van der Waals surface area contributed by atoms with Crippen LogP contribution in [0.15, 0.2) is 24.3 Å². The van der Waals surface area contributed by atoms with Gasteiger partial charge in [0.15, 0.2) is 11.5 Å². The second kappa shape index (κ2) is 6.86. The molecule has 1 aliphatic heterocycles. The third-order valence-electron chi connectivity index (χ3n) is 4.97. The maximum Gasteiger partial charge on any atom is 0.161 e. The lowest BCUT2D eigenvalue weighted by molar-refractivity contribution is 0.309. The molecule has 0 aromatic heterocycles. The number of methoxy groups -OCH3 is 1. The van der Waals surface area contributed by atoms with Crippen LogP contribution in [-0.2, 0) is 6.42 Å². The Morgan fingerprint density at radius 3 is 2.42 bits per heavy atom. The largest absolute Gasteiger partial charge is 0.493 e. The van der Waals surface area contributed by atoms with Crippen molar-refractivity contribution in [2.45, 2.75) is 40.2 Å². The molecule has 0 aliphatic carbocycles. The minimum absolute atomic E-state index is 0.207. The van der Waals surface area contributed by atoms with Crippen molar-refractivity contribution in [3.63, 3.8) is 0 Å². The number of ether oxygens (including phenoxy) is 2. The summed E-state index contributed by atoms with van der Waals surface area (Å²) in [6, 6.07) is 9.11. The number of nitrogens with one attached hydrogen (secondary N) is 1. The lowest BCUT2D eigenvalue weighted by Crippen LogP contribution is -2.31. The Labute approximate surface area is 145 Å². The molecule has 1 aliphatic rings. The summed E-state index contributed by atoms with van der Waals surface area (Å²) in [6.07, 6.45) is 1.01. The number of rotatable bonds is 4. The zero-order valence-corrected chi connectivity index (χ0v) is 15.3. The number of hydrogen-bond donors (Lipinski definition) is 1. The zero-order valence-electron chi connectivity index (χ0n) is 15.3. The highest BCUT2D eigenvalue weighted by Crippen LogP contribution is 2.38. The molecule has 1 heterocycles. The van der Waals surface area contributed by atoms with E-state index < -0.39 is 0 Å². The normalized spacial score (nSPS) is 16.6. The Morgan fingerprint density at radius 1 is 0.958 bits per heavy atom. The van der Waals surface area contributed by atoms with Gasteiger partial charge in [0.2, 0.25) is 0 Å². The summed E-state index contributed by atoms with van der Waals surface area (Å²) in [7, 11) is 1.70. The van der Waals surface area contributed by atoms with Crippen LogP contribution >= 0.6 is 0 Å². The Balaban J connectivity index is 2.11. The smallest absolute Gasteiger partial charge is 0.161 e. The van der Waals surface area contributed by atoms with Crippen LogP contribution in [0.3, 0.4) is 0 Å². The average molecular weight is 325 g/mol. The maximum absolute atomic E-state index is 5.80. The Hall–Kier alpha value is -2.00. The topological polar surface area (TPSA) is 30.5 Å². The van der Waals surface area contributed by atoms with Gasteiger partial charge in [0.1, 0.15) is 0 Å². The zero-order chi connectivity index (χ0) is 17.3. The molecule has 1 unspecified atom stereocenters. The molecule has 1 atom stereocenters. The van der Waals surface area contributed by atoms with Gasteiger partial charge in [0.25, 0.3) is 0 Å². The average Bonchev–Trinajstić information content (AvgIpc) is 2.57. The predicted molar refractivity (Wildman–Crippen MR) is 98.4 cm³/mol. The first-order valence-corrected chi connectivity index (χ1v) is 8.69. The van der Waals surface area contributed by atoms with Crippen molar-refractivity contribution in [1.82, 2.24) is 5.32 Å². The second-order valence-electron chi connectivity index (χ2n) is 6.57. The first-order chi connectivity index (χ1) is 11.5. The molecule has 0 saturated carbocycles. The number of benzene rings is 2. The lowest BCUT2D eigenvalue weighted by Gasteiger charge is -2.30. The molecule has 3 heteroatoms. The Bertz CT molecular complexity index is 752. The minimum Gasteiger partial charge on any atom is -0.493 e. The van der Waals surface area contributed by atoms with Crippen LogP contribution in [0.1, 0.15) is 46.3 Å². The molecular weight excluding hydrogens is 298 g/mol. The molecule has 3 nitrogen and oxygen atoms in total. The van der Waals surface area contributed by atoms with Crippen molar-refractivity contribution in [2.24, 2.45) is 0 Å². The number of hydrogen-bond acceptors (Lipinski definition) is 3. The van der Waals surface area contributed by atoms with Crippen LogP contribution in [0.4, 0.5) is 0 Å². The van der Waals surface area contributed by atoms with Crippen LogP contribution < -0.4 is 14.8 Å². The first kappa shape index (κ1) is 16.8. The van der Waals surface area contributed by atoms with Gasteiger partial charge in [0.05, 0.1) is 19.8 Å². The van der Waals surface area contributed by atoms with E-state index in [1.165, 1.54) is 33.4 Å². The molecule has 1 N–H and O–H groups in total. The maximum atomic E-state index is 5.80. The van der Waals surface area contributed by atoms with Crippen LogP contribution in [0, 0.1) is 20.8 Å². The lowest BCUT2D eigenvalue weighted by atomic mass is 9.86. The molecule has 0 fully saturated rings. The van der Waals surface area contributed by atoms with E-state index in [0.29, 0.717) is 6.61 Å². The molecule has 0 spiro atoms. The van der Waals surface area contributed by atoms with Crippen LogP contribution in [0.2, 0.25) is 0 Å². The molecule has 3 rings (SSSR count). The molecule has 2 aromatic carbocycles. The fraction of sp³-hybridized carbons (Fsp3) is 0.429. The van der Waals surface area contributed by atoms with E-state index >= 15 is 0 Å². The van der Waals surface area contributed by atoms with Crippen LogP contribution in [0.5, 0.6) is 11.5 Å². The molecular formula is C21H27NO2.